The predicted molar refractivity (Wildman–Crippen MR) is 216 cm³/mol. The first-order valence-corrected chi connectivity index (χ1v) is 19.9. The summed E-state index contributed by atoms with van der Waals surface area (Å²) in [5, 5.41) is 38.7. The van der Waals surface area contributed by atoms with Crippen molar-refractivity contribution < 1.29 is 47.8 Å². The number of fused-ring (bicyclic) bond motifs is 8. The minimum Gasteiger partial charge on any atom is -0.504 e. The van der Waals surface area contributed by atoms with E-state index in [1.54, 1.807) is 26.4 Å². The number of rotatable bonds is 9. The molecule has 4 aromatic rings. The van der Waals surface area contributed by atoms with Crippen LogP contribution < -0.4 is 29.0 Å². The number of carbonyl (C=O) groups excluding carboxylic acids is 1. The third-order valence-corrected chi connectivity index (χ3v) is 12.3. The Bertz CT molecular complexity index is 2240. The molecule has 58 heavy (non-hydrogen) atoms. The summed E-state index contributed by atoms with van der Waals surface area (Å²) in [5.74, 6) is 2.02. The topological polar surface area (TPSA) is 168 Å². The van der Waals surface area contributed by atoms with Crippen LogP contribution in [0.5, 0.6) is 40.2 Å². The van der Waals surface area contributed by atoms with Crippen molar-refractivity contribution in [1.82, 2.24) is 15.1 Å². The molecule has 0 radical (unpaired) electrons. The molecule has 2 bridgehead atoms. The molecular weight excluding hydrogens is 745 g/mol. The maximum Gasteiger partial charge on any atom is 0.287 e. The van der Waals surface area contributed by atoms with Gasteiger partial charge in [0.05, 0.1) is 59.8 Å². The summed E-state index contributed by atoms with van der Waals surface area (Å²) in [5.41, 5.74) is 4.57. The predicted octanol–water partition coefficient (Wildman–Crippen LogP) is 6.28. The lowest BCUT2D eigenvalue weighted by atomic mass is 9.71. The number of nitrogens with one attached hydrogen (secondary N) is 1. The summed E-state index contributed by atoms with van der Waals surface area (Å²) >= 11 is 0. The van der Waals surface area contributed by atoms with Crippen molar-refractivity contribution in [3.05, 3.63) is 63.4 Å². The van der Waals surface area contributed by atoms with E-state index in [9.17, 15) is 20.3 Å². The van der Waals surface area contributed by atoms with Crippen molar-refractivity contribution in [3.8, 4) is 46.3 Å². The summed E-state index contributed by atoms with van der Waals surface area (Å²) in [7, 11) is 8.15. The lowest BCUT2D eigenvalue weighted by Gasteiger charge is -2.60. The molecule has 2 saturated heterocycles. The zero-order chi connectivity index (χ0) is 41.6. The Morgan fingerprint density at radius 2 is 1.47 bits per heavy atom. The van der Waals surface area contributed by atoms with Crippen LogP contribution >= 0.6 is 0 Å². The van der Waals surface area contributed by atoms with E-state index in [1.165, 1.54) is 14.2 Å². The molecule has 14 nitrogen and oxygen atoms in total. The molecule has 0 aliphatic carbocycles. The van der Waals surface area contributed by atoms with Crippen molar-refractivity contribution in [3.63, 3.8) is 0 Å². The van der Waals surface area contributed by atoms with E-state index in [0.717, 1.165) is 29.4 Å². The van der Waals surface area contributed by atoms with Gasteiger partial charge >= 0.3 is 0 Å². The Morgan fingerprint density at radius 3 is 2.07 bits per heavy atom. The highest BCUT2D eigenvalue weighted by Gasteiger charge is 2.57. The molecular formula is C44H54N4O10. The van der Waals surface area contributed by atoms with Crippen molar-refractivity contribution in [2.45, 2.75) is 89.7 Å². The number of hydrogen-bond donors (Lipinski definition) is 3. The van der Waals surface area contributed by atoms with E-state index in [2.05, 4.69) is 21.2 Å². The molecule has 14 heteroatoms. The molecule has 2 fully saturated rings. The standard InChI is InChI=1S/C42H48N4O10.C2H6/c1-20-38(50-4)25-17-28-35-34-26(39(51-5)21(2)41(53-7)37(34)48)16-27(45(35)3)29(18-43)46(28)30(33(25)36(47)40(20)52-6)19-44-42(49)32-15-22-14-24(8-9-31(22)56-32)55-23-10-12-54-13-11-23;1-2/h8-9,14-15,23,27-30,35,47-48H,10-13,16-17,19H2,1-7H3,(H,44,49);1-2H3/t27?,28?,29-,30?,35-;/m0./s1. The Hall–Kier alpha value is -5.36. The number of phenols is 2. The normalized spacial score (nSPS) is 22.7. The van der Waals surface area contributed by atoms with Crippen LogP contribution in [-0.2, 0) is 17.6 Å². The van der Waals surface area contributed by atoms with Crippen molar-refractivity contribution in [2.24, 2.45) is 0 Å². The minimum absolute atomic E-state index is 0.00112. The number of phenolic OH excluding ortho intramolecular Hbond substituents is 2. The van der Waals surface area contributed by atoms with Gasteiger partial charge in [0.25, 0.3) is 5.91 Å². The highest BCUT2D eigenvalue weighted by molar-refractivity contribution is 5.96. The number of amides is 1. The lowest BCUT2D eigenvalue weighted by Crippen LogP contribution is -2.68. The third kappa shape index (κ3) is 6.49. The Balaban J connectivity index is 0.00000252. The number of ether oxygens (including phenoxy) is 6. The van der Waals surface area contributed by atoms with E-state index < -0.39 is 30.1 Å². The van der Waals surface area contributed by atoms with E-state index in [0.29, 0.717) is 76.9 Å². The Kier molecular flexibility index (Phi) is 11.6. The second-order valence-corrected chi connectivity index (χ2v) is 15.0. The number of nitriles is 1. The number of likely N-dealkylation sites (N-methyl/N-ethyl adjacent to an activating group) is 1. The van der Waals surface area contributed by atoms with Crippen LogP contribution in [0.1, 0.15) is 82.7 Å². The molecule has 0 spiro atoms. The zero-order valence-electron chi connectivity index (χ0n) is 34.7. The van der Waals surface area contributed by atoms with Gasteiger partial charge in [0.15, 0.2) is 28.8 Å². The number of furan rings is 1. The fraction of sp³-hybridized carbons (Fsp3) is 0.500. The largest absolute Gasteiger partial charge is 0.504 e. The molecule has 4 aliphatic heterocycles. The van der Waals surface area contributed by atoms with Crippen LogP contribution in [-0.4, -0.2) is 105 Å². The molecule has 0 saturated carbocycles. The van der Waals surface area contributed by atoms with Gasteiger partial charge in [-0.05, 0) is 58.0 Å². The quantitative estimate of drug-likeness (QED) is 0.173. The minimum atomic E-state index is -0.721. The maximum atomic E-state index is 14.0. The van der Waals surface area contributed by atoms with Crippen LogP contribution in [0.4, 0.5) is 0 Å². The van der Waals surface area contributed by atoms with Crippen LogP contribution in [0.2, 0.25) is 0 Å². The number of benzene rings is 3. The average molecular weight is 799 g/mol. The Morgan fingerprint density at radius 1 is 0.879 bits per heavy atom. The monoisotopic (exact) mass is 798 g/mol. The SMILES string of the molecule is CC.COc1c(C)c(OC)c2c(c1O)C(CNC(=O)c1cc3cc(OC4CCOCC4)ccc3o1)N1C(C2)[C@H]2c3c(O)c(OC)c(C)c(OC)c3CC([C@@H]1C#N)N2C. The molecule has 3 N–H and O–H groups in total. The van der Waals surface area contributed by atoms with E-state index in [-0.39, 0.29) is 41.7 Å². The number of methoxy groups -OCH3 is 4. The van der Waals surface area contributed by atoms with Crippen molar-refractivity contribution in [1.29, 1.82) is 5.26 Å². The van der Waals surface area contributed by atoms with Gasteiger partial charge < -0.3 is 48.4 Å². The number of carbonyl (C=O) groups is 1. The van der Waals surface area contributed by atoms with Gasteiger partial charge in [-0.1, -0.05) is 13.8 Å². The van der Waals surface area contributed by atoms with E-state index >= 15 is 0 Å². The second-order valence-electron chi connectivity index (χ2n) is 15.0. The fourth-order valence-electron chi connectivity index (χ4n) is 9.88. The Labute approximate surface area is 339 Å². The van der Waals surface area contributed by atoms with E-state index in [4.69, 9.17) is 32.8 Å². The maximum absolute atomic E-state index is 14.0. The summed E-state index contributed by atoms with van der Waals surface area (Å²) < 4.78 is 41.1. The van der Waals surface area contributed by atoms with Crippen LogP contribution in [0.15, 0.2) is 28.7 Å². The number of piperazine rings is 1. The van der Waals surface area contributed by atoms with Crippen LogP contribution in [0.3, 0.4) is 0 Å². The first kappa shape index (κ1) is 40.8. The average Bonchev–Trinajstić information content (AvgIpc) is 3.66. The smallest absolute Gasteiger partial charge is 0.287 e. The van der Waals surface area contributed by atoms with E-state index in [1.807, 2.05) is 46.9 Å². The van der Waals surface area contributed by atoms with Gasteiger partial charge in [0, 0.05) is 70.2 Å². The number of aromatic hydroxyl groups is 2. The summed E-state index contributed by atoms with van der Waals surface area (Å²) in [6, 6.07) is 7.15. The highest BCUT2D eigenvalue weighted by atomic mass is 16.5. The molecule has 4 aliphatic rings. The lowest BCUT2D eigenvalue weighted by molar-refractivity contribution is -0.0725. The van der Waals surface area contributed by atoms with Crippen molar-refractivity contribution in [2.75, 3.05) is 55.2 Å². The molecule has 1 aromatic heterocycles. The third-order valence-electron chi connectivity index (χ3n) is 12.3. The van der Waals surface area contributed by atoms with Gasteiger partial charge in [-0.3, -0.25) is 14.6 Å². The van der Waals surface area contributed by atoms with Gasteiger partial charge in [-0.15, -0.1) is 0 Å². The van der Waals surface area contributed by atoms with Gasteiger partial charge in [0.2, 0.25) is 0 Å². The second kappa shape index (κ2) is 16.5. The van der Waals surface area contributed by atoms with Crippen molar-refractivity contribution >= 4 is 16.9 Å². The first-order chi connectivity index (χ1) is 28.1. The highest BCUT2D eigenvalue weighted by Crippen LogP contribution is 2.58. The van der Waals surface area contributed by atoms with Crippen LogP contribution in [0, 0.1) is 25.2 Å². The zero-order valence-corrected chi connectivity index (χ0v) is 34.7. The molecule has 3 aromatic carbocycles. The van der Waals surface area contributed by atoms with Crippen LogP contribution in [0.25, 0.3) is 11.0 Å². The number of hydrogen-bond acceptors (Lipinski definition) is 13. The summed E-state index contributed by atoms with van der Waals surface area (Å²) in [6.07, 6.45) is 2.44. The first-order valence-electron chi connectivity index (χ1n) is 19.9. The van der Waals surface area contributed by atoms with Gasteiger partial charge in [0.1, 0.15) is 35.0 Å². The fourth-order valence-corrected chi connectivity index (χ4v) is 9.88. The summed E-state index contributed by atoms with van der Waals surface area (Å²) in [4.78, 5) is 18.2. The molecule has 1 amide bonds. The molecule has 5 heterocycles. The number of nitrogens with zero attached hydrogens (tertiary/aromatic N) is 3. The molecule has 3 unspecified atom stereocenters. The molecule has 8 rings (SSSR count). The molecule has 5 atom stereocenters. The molecule has 310 valence electrons. The van der Waals surface area contributed by atoms with Gasteiger partial charge in [-0.25, -0.2) is 0 Å². The van der Waals surface area contributed by atoms with Gasteiger partial charge in [-0.2, -0.15) is 5.26 Å². The summed E-state index contributed by atoms with van der Waals surface area (Å²) in [6.45, 7) is 9.00.